The van der Waals surface area contributed by atoms with Gasteiger partial charge in [0.15, 0.2) is 0 Å². The van der Waals surface area contributed by atoms with Crippen LogP contribution in [0, 0.1) is 13.8 Å². The van der Waals surface area contributed by atoms with Gasteiger partial charge in [-0.25, -0.2) is 4.98 Å². The molecule has 3 aromatic heterocycles. The van der Waals surface area contributed by atoms with Crippen LogP contribution in [0.3, 0.4) is 0 Å². The fourth-order valence-electron chi connectivity index (χ4n) is 3.73. The summed E-state index contributed by atoms with van der Waals surface area (Å²) >= 11 is 0. The summed E-state index contributed by atoms with van der Waals surface area (Å²) in [4.78, 5) is 19.4. The maximum atomic E-state index is 12.3. The van der Waals surface area contributed by atoms with E-state index in [9.17, 15) is 4.79 Å². The summed E-state index contributed by atoms with van der Waals surface area (Å²) in [5, 5.41) is 11.1. The van der Waals surface area contributed by atoms with Gasteiger partial charge in [0, 0.05) is 50.6 Å². The Balaban J connectivity index is 1.26. The van der Waals surface area contributed by atoms with E-state index in [1.54, 1.807) is 6.07 Å². The van der Waals surface area contributed by atoms with E-state index in [1.807, 2.05) is 13.1 Å². The number of carbonyl (C=O) groups excluding carboxylic acids is 1. The summed E-state index contributed by atoms with van der Waals surface area (Å²) in [6.07, 6.45) is 5.26. The van der Waals surface area contributed by atoms with Crippen molar-refractivity contribution in [3.05, 3.63) is 53.2 Å². The van der Waals surface area contributed by atoms with Crippen molar-refractivity contribution >= 4 is 5.91 Å². The molecule has 0 saturated carbocycles. The van der Waals surface area contributed by atoms with Gasteiger partial charge in [0.05, 0.1) is 12.2 Å². The molecule has 1 aliphatic heterocycles. The summed E-state index contributed by atoms with van der Waals surface area (Å²) in [6.45, 7) is 9.20. The maximum Gasteiger partial charge on any atom is 0.271 e. The number of amides is 1. The monoisotopic (exact) mass is 397 g/mol. The Kier molecular flexibility index (Phi) is 5.75. The number of nitrogens with zero attached hydrogens (tertiary/aromatic N) is 6. The smallest absolute Gasteiger partial charge is 0.271 e. The molecule has 0 bridgehead atoms. The van der Waals surface area contributed by atoms with E-state index >= 15 is 0 Å². The molecular formula is C20H27N7O2. The molecule has 3 aromatic rings. The summed E-state index contributed by atoms with van der Waals surface area (Å²) in [7, 11) is 0. The van der Waals surface area contributed by atoms with Crippen LogP contribution in [0.2, 0.25) is 0 Å². The number of fused-ring (bicyclic) bond motifs is 1. The lowest BCUT2D eigenvalue weighted by Gasteiger charge is -2.19. The SMILES string of the molecule is Cc1cc(C)n(CCCN2CCc3nc(C(=O)NCc4ccon4)cn3CC2)n1. The van der Waals surface area contributed by atoms with Crippen molar-refractivity contribution in [2.24, 2.45) is 0 Å². The molecule has 0 aromatic carbocycles. The van der Waals surface area contributed by atoms with Crippen LogP contribution in [-0.4, -0.2) is 54.9 Å². The maximum absolute atomic E-state index is 12.3. The van der Waals surface area contributed by atoms with Crippen LogP contribution >= 0.6 is 0 Å². The number of hydrogen-bond acceptors (Lipinski definition) is 6. The number of hydrogen-bond donors (Lipinski definition) is 1. The predicted octanol–water partition coefficient (Wildman–Crippen LogP) is 1.56. The Morgan fingerprint density at radius 2 is 2.14 bits per heavy atom. The van der Waals surface area contributed by atoms with E-state index in [1.165, 1.54) is 12.0 Å². The van der Waals surface area contributed by atoms with Crippen LogP contribution in [0.4, 0.5) is 0 Å². The lowest BCUT2D eigenvalue weighted by atomic mass is 10.3. The second kappa shape index (κ2) is 8.60. The second-order valence-corrected chi connectivity index (χ2v) is 7.50. The molecule has 0 saturated heterocycles. The number of rotatable bonds is 7. The average molecular weight is 397 g/mol. The molecule has 1 aliphatic rings. The molecule has 4 heterocycles. The van der Waals surface area contributed by atoms with Gasteiger partial charge in [-0.3, -0.25) is 9.48 Å². The van der Waals surface area contributed by atoms with E-state index in [4.69, 9.17) is 4.52 Å². The molecule has 0 atom stereocenters. The van der Waals surface area contributed by atoms with Crippen molar-refractivity contribution in [2.45, 2.75) is 46.3 Å². The lowest BCUT2D eigenvalue weighted by Crippen LogP contribution is -2.29. The Morgan fingerprint density at radius 1 is 1.24 bits per heavy atom. The zero-order valence-corrected chi connectivity index (χ0v) is 17.0. The van der Waals surface area contributed by atoms with Crippen molar-refractivity contribution in [1.29, 1.82) is 0 Å². The first-order valence-corrected chi connectivity index (χ1v) is 10.1. The van der Waals surface area contributed by atoms with Gasteiger partial charge in [-0.1, -0.05) is 5.16 Å². The molecule has 4 rings (SSSR count). The number of carbonyl (C=O) groups is 1. The molecule has 1 N–H and O–H groups in total. The fraction of sp³-hybridized carbons (Fsp3) is 0.500. The Labute approximate surface area is 169 Å². The highest BCUT2D eigenvalue weighted by Crippen LogP contribution is 2.11. The second-order valence-electron chi connectivity index (χ2n) is 7.50. The van der Waals surface area contributed by atoms with Gasteiger partial charge in [-0.05, 0) is 32.9 Å². The van der Waals surface area contributed by atoms with Crippen LogP contribution in [-0.2, 0) is 26.1 Å². The minimum atomic E-state index is -0.185. The first kappa shape index (κ1) is 19.4. The van der Waals surface area contributed by atoms with Gasteiger partial charge in [-0.2, -0.15) is 5.10 Å². The van der Waals surface area contributed by atoms with Gasteiger partial charge in [0.1, 0.15) is 23.5 Å². The number of nitrogens with one attached hydrogen (secondary N) is 1. The number of aryl methyl sites for hydroxylation is 3. The van der Waals surface area contributed by atoms with Crippen LogP contribution in [0.25, 0.3) is 0 Å². The van der Waals surface area contributed by atoms with Crippen LogP contribution < -0.4 is 5.32 Å². The first-order valence-electron chi connectivity index (χ1n) is 10.1. The molecule has 0 spiro atoms. The van der Waals surface area contributed by atoms with E-state index in [-0.39, 0.29) is 5.91 Å². The third kappa shape index (κ3) is 4.73. The summed E-state index contributed by atoms with van der Waals surface area (Å²) in [5.74, 6) is 0.785. The van der Waals surface area contributed by atoms with Gasteiger partial charge in [0.25, 0.3) is 5.91 Å². The molecule has 29 heavy (non-hydrogen) atoms. The van der Waals surface area contributed by atoms with E-state index < -0.39 is 0 Å². The molecule has 0 aliphatic carbocycles. The van der Waals surface area contributed by atoms with Crippen LogP contribution in [0.15, 0.2) is 29.1 Å². The normalized spacial score (nSPS) is 14.6. The van der Waals surface area contributed by atoms with Crippen molar-refractivity contribution in [1.82, 2.24) is 34.7 Å². The Hall–Kier alpha value is -2.94. The standard InChI is InChI=1S/C20H27N7O2/c1-15-12-16(2)27(23-15)7-3-6-25-8-4-19-22-18(14-26(19)10-9-25)20(28)21-13-17-5-11-29-24-17/h5,11-12,14H,3-4,6-10,13H2,1-2H3,(H,21,28). The number of imidazole rings is 1. The highest BCUT2D eigenvalue weighted by molar-refractivity contribution is 5.92. The molecule has 0 unspecified atom stereocenters. The molecule has 9 heteroatoms. The minimum absolute atomic E-state index is 0.185. The zero-order chi connectivity index (χ0) is 20.2. The Morgan fingerprint density at radius 3 is 2.90 bits per heavy atom. The quantitative estimate of drug-likeness (QED) is 0.650. The molecular weight excluding hydrogens is 370 g/mol. The molecule has 154 valence electrons. The van der Waals surface area contributed by atoms with Gasteiger partial charge < -0.3 is 19.3 Å². The zero-order valence-electron chi connectivity index (χ0n) is 17.0. The van der Waals surface area contributed by atoms with Crippen LogP contribution in [0.5, 0.6) is 0 Å². The third-order valence-electron chi connectivity index (χ3n) is 5.27. The minimum Gasteiger partial charge on any atom is -0.364 e. The molecule has 0 fully saturated rings. The van der Waals surface area contributed by atoms with Gasteiger partial charge in [-0.15, -0.1) is 0 Å². The molecule has 1 amide bonds. The lowest BCUT2D eigenvalue weighted by molar-refractivity contribution is 0.0945. The highest BCUT2D eigenvalue weighted by atomic mass is 16.5. The highest BCUT2D eigenvalue weighted by Gasteiger charge is 2.19. The van der Waals surface area contributed by atoms with Crippen molar-refractivity contribution in [3.63, 3.8) is 0 Å². The van der Waals surface area contributed by atoms with Gasteiger partial charge in [0.2, 0.25) is 0 Å². The van der Waals surface area contributed by atoms with E-state index in [2.05, 4.69) is 47.7 Å². The summed E-state index contributed by atoms with van der Waals surface area (Å²) in [6, 6.07) is 3.84. The summed E-state index contributed by atoms with van der Waals surface area (Å²) < 4.78 is 8.96. The predicted molar refractivity (Wildman–Crippen MR) is 106 cm³/mol. The topological polar surface area (TPSA) is 94.0 Å². The van der Waals surface area contributed by atoms with Crippen molar-refractivity contribution in [3.8, 4) is 0 Å². The van der Waals surface area contributed by atoms with Crippen molar-refractivity contribution in [2.75, 3.05) is 19.6 Å². The number of aromatic nitrogens is 5. The van der Waals surface area contributed by atoms with Crippen LogP contribution in [0.1, 0.15) is 39.8 Å². The van der Waals surface area contributed by atoms with E-state index in [0.717, 1.165) is 57.1 Å². The third-order valence-corrected chi connectivity index (χ3v) is 5.27. The fourth-order valence-corrected chi connectivity index (χ4v) is 3.73. The van der Waals surface area contributed by atoms with Crippen molar-refractivity contribution < 1.29 is 9.32 Å². The largest absolute Gasteiger partial charge is 0.364 e. The average Bonchev–Trinajstić information content (AvgIpc) is 3.40. The molecule has 0 radical (unpaired) electrons. The molecule has 9 nitrogen and oxygen atoms in total. The Bertz CT molecular complexity index is 932. The summed E-state index contributed by atoms with van der Waals surface area (Å²) in [5.41, 5.74) is 3.44. The van der Waals surface area contributed by atoms with Gasteiger partial charge >= 0.3 is 0 Å². The first-order chi connectivity index (χ1) is 14.1. The van der Waals surface area contributed by atoms with E-state index in [0.29, 0.717) is 17.9 Å².